The van der Waals surface area contributed by atoms with E-state index in [1.807, 2.05) is 19.1 Å². The average molecular weight is 465 g/mol. The number of anilines is 1. The lowest BCUT2D eigenvalue weighted by molar-refractivity contribution is 0.0951. The van der Waals surface area contributed by atoms with Crippen LogP contribution in [0.5, 0.6) is 0 Å². The molecule has 0 saturated heterocycles. The summed E-state index contributed by atoms with van der Waals surface area (Å²) >= 11 is 4.92. The molecule has 1 heterocycles. The molecule has 0 saturated carbocycles. The van der Waals surface area contributed by atoms with E-state index in [1.54, 1.807) is 47.7 Å². The standard InChI is InChI=1S/C19H17BrN2O3S2/c1-13-5-10-17(26-13)12-21-19(23)14-3-2-4-18(11-14)27(24,25)22-16-8-6-15(20)7-9-16/h2-11,22H,12H2,1H3,(H,21,23). The van der Waals surface area contributed by atoms with Crippen LogP contribution in [-0.2, 0) is 16.6 Å². The van der Waals surface area contributed by atoms with Crippen LogP contribution in [0.25, 0.3) is 0 Å². The number of carbonyl (C=O) groups is 1. The number of thiophene rings is 1. The van der Waals surface area contributed by atoms with Gasteiger partial charge >= 0.3 is 0 Å². The molecule has 0 radical (unpaired) electrons. The topological polar surface area (TPSA) is 75.3 Å². The fourth-order valence-electron chi connectivity index (χ4n) is 2.39. The second-order valence-electron chi connectivity index (χ2n) is 5.84. The SMILES string of the molecule is Cc1ccc(CNC(=O)c2cccc(S(=O)(=O)Nc3ccc(Br)cc3)c2)s1. The number of benzene rings is 2. The molecular weight excluding hydrogens is 448 g/mol. The molecule has 140 valence electrons. The largest absolute Gasteiger partial charge is 0.347 e. The number of halogens is 1. The summed E-state index contributed by atoms with van der Waals surface area (Å²) in [5.74, 6) is -0.318. The first kappa shape index (κ1) is 19.6. The molecule has 0 atom stereocenters. The summed E-state index contributed by atoms with van der Waals surface area (Å²) in [5.41, 5.74) is 0.739. The number of hydrogen-bond donors (Lipinski definition) is 2. The van der Waals surface area contributed by atoms with E-state index in [-0.39, 0.29) is 10.8 Å². The minimum absolute atomic E-state index is 0.0324. The van der Waals surface area contributed by atoms with Gasteiger partial charge in [-0.1, -0.05) is 22.0 Å². The van der Waals surface area contributed by atoms with Crippen LogP contribution in [0.15, 0.2) is 70.0 Å². The third-order valence-corrected chi connectivity index (χ3v) is 6.63. The summed E-state index contributed by atoms with van der Waals surface area (Å²) in [7, 11) is -3.79. The number of nitrogens with one attached hydrogen (secondary N) is 2. The lowest BCUT2D eigenvalue weighted by Gasteiger charge is -2.10. The van der Waals surface area contributed by atoms with Gasteiger partial charge in [0.1, 0.15) is 0 Å². The van der Waals surface area contributed by atoms with Crippen molar-refractivity contribution in [2.75, 3.05) is 4.72 Å². The molecule has 3 rings (SSSR count). The Hall–Kier alpha value is -2.16. The fourth-order valence-corrected chi connectivity index (χ4v) is 4.58. The van der Waals surface area contributed by atoms with Gasteiger partial charge < -0.3 is 5.32 Å². The number of rotatable bonds is 6. The Labute approximate surface area is 170 Å². The summed E-state index contributed by atoms with van der Waals surface area (Å²) in [6.07, 6.45) is 0. The van der Waals surface area contributed by atoms with Crippen LogP contribution in [0.3, 0.4) is 0 Å². The molecular formula is C19H17BrN2O3S2. The Morgan fingerprint density at radius 1 is 1.07 bits per heavy atom. The fraction of sp³-hybridized carbons (Fsp3) is 0.105. The van der Waals surface area contributed by atoms with Crippen LogP contribution in [-0.4, -0.2) is 14.3 Å². The van der Waals surface area contributed by atoms with Crippen molar-refractivity contribution in [1.29, 1.82) is 0 Å². The van der Waals surface area contributed by atoms with Gasteiger partial charge in [0, 0.05) is 25.5 Å². The van der Waals surface area contributed by atoms with Crippen molar-refractivity contribution in [2.45, 2.75) is 18.4 Å². The van der Waals surface area contributed by atoms with Crippen molar-refractivity contribution >= 4 is 48.9 Å². The second-order valence-corrected chi connectivity index (χ2v) is 9.81. The van der Waals surface area contributed by atoms with Crippen LogP contribution in [0.4, 0.5) is 5.69 Å². The zero-order valence-electron chi connectivity index (χ0n) is 14.4. The Morgan fingerprint density at radius 2 is 1.81 bits per heavy atom. The minimum Gasteiger partial charge on any atom is -0.347 e. The third kappa shape index (κ3) is 5.18. The number of amides is 1. The highest BCUT2D eigenvalue weighted by atomic mass is 79.9. The monoisotopic (exact) mass is 464 g/mol. The smallest absolute Gasteiger partial charge is 0.261 e. The first-order valence-electron chi connectivity index (χ1n) is 8.05. The van der Waals surface area contributed by atoms with E-state index in [0.717, 1.165) is 9.35 Å². The van der Waals surface area contributed by atoms with E-state index in [4.69, 9.17) is 0 Å². The maximum absolute atomic E-state index is 12.6. The van der Waals surface area contributed by atoms with E-state index < -0.39 is 10.0 Å². The number of hydrogen-bond acceptors (Lipinski definition) is 4. The highest BCUT2D eigenvalue weighted by Crippen LogP contribution is 2.20. The number of aryl methyl sites for hydroxylation is 1. The van der Waals surface area contributed by atoms with Gasteiger partial charge in [0.05, 0.1) is 11.4 Å². The maximum Gasteiger partial charge on any atom is 0.261 e. The summed E-state index contributed by atoms with van der Waals surface area (Å²) < 4.78 is 28.5. The van der Waals surface area contributed by atoms with Gasteiger partial charge in [-0.25, -0.2) is 8.42 Å². The van der Waals surface area contributed by atoms with Gasteiger partial charge in [-0.3, -0.25) is 9.52 Å². The molecule has 0 bridgehead atoms. The van der Waals surface area contributed by atoms with Gasteiger partial charge in [0.25, 0.3) is 15.9 Å². The Balaban J connectivity index is 1.73. The highest BCUT2D eigenvalue weighted by molar-refractivity contribution is 9.10. The van der Waals surface area contributed by atoms with Crippen molar-refractivity contribution in [2.24, 2.45) is 0 Å². The molecule has 3 aromatic rings. The van der Waals surface area contributed by atoms with Crippen molar-refractivity contribution in [1.82, 2.24) is 5.32 Å². The highest BCUT2D eigenvalue weighted by Gasteiger charge is 2.16. The molecule has 2 N–H and O–H groups in total. The van der Waals surface area contributed by atoms with Crippen LogP contribution in [0.2, 0.25) is 0 Å². The molecule has 8 heteroatoms. The molecule has 0 spiro atoms. The predicted molar refractivity (Wildman–Crippen MR) is 112 cm³/mol. The van der Waals surface area contributed by atoms with Crippen molar-refractivity contribution < 1.29 is 13.2 Å². The Bertz CT molecular complexity index is 1060. The van der Waals surface area contributed by atoms with E-state index in [0.29, 0.717) is 17.8 Å². The van der Waals surface area contributed by atoms with Gasteiger partial charge in [0.2, 0.25) is 0 Å². The summed E-state index contributed by atoms with van der Waals surface area (Å²) in [4.78, 5) is 14.6. The molecule has 0 aliphatic carbocycles. The predicted octanol–water partition coefficient (Wildman–Crippen LogP) is 4.55. The quantitative estimate of drug-likeness (QED) is 0.561. The summed E-state index contributed by atoms with van der Waals surface area (Å²) in [6.45, 7) is 2.41. The molecule has 0 aliphatic rings. The molecule has 27 heavy (non-hydrogen) atoms. The second kappa shape index (κ2) is 8.24. The van der Waals surface area contributed by atoms with Crippen LogP contribution in [0, 0.1) is 6.92 Å². The van der Waals surface area contributed by atoms with Gasteiger partial charge in [-0.05, 0) is 61.5 Å². The van der Waals surface area contributed by atoms with Crippen LogP contribution >= 0.6 is 27.3 Å². The number of carbonyl (C=O) groups excluding carboxylic acids is 1. The Morgan fingerprint density at radius 3 is 2.48 bits per heavy atom. The van der Waals surface area contributed by atoms with Crippen LogP contribution < -0.4 is 10.0 Å². The summed E-state index contributed by atoms with van der Waals surface area (Å²) in [5, 5.41) is 2.81. The molecule has 1 amide bonds. The van der Waals surface area contributed by atoms with Gasteiger partial charge in [0.15, 0.2) is 0 Å². The van der Waals surface area contributed by atoms with E-state index in [2.05, 4.69) is 26.0 Å². The first-order chi connectivity index (χ1) is 12.8. The normalized spacial score (nSPS) is 11.2. The number of sulfonamides is 1. The molecule has 0 unspecified atom stereocenters. The third-order valence-electron chi connectivity index (χ3n) is 3.72. The molecule has 1 aromatic heterocycles. The average Bonchev–Trinajstić information content (AvgIpc) is 3.07. The molecule has 5 nitrogen and oxygen atoms in total. The van der Waals surface area contributed by atoms with E-state index in [1.165, 1.54) is 17.0 Å². The Kier molecular flexibility index (Phi) is 5.98. The molecule has 2 aromatic carbocycles. The van der Waals surface area contributed by atoms with Crippen LogP contribution in [0.1, 0.15) is 20.1 Å². The zero-order valence-corrected chi connectivity index (χ0v) is 17.6. The maximum atomic E-state index is 12.6. The molecule has 0 aliphatic heterocycles. The van der Waals surface area contributed by atoms with Crippen molar-refractivity contribution in [3.8, 4) is 0 Å². The van der Waals surface area contributed by atoms with Crippen molar-refractivity contribution in [3.63, 3.8) is 0 Å². The first-order valence-corrected chi connectivity index (χ1v) is 11.1. The van der Waals surface area contributed by atoms with E-state index in [9.17, 15) is 13.2 Å². The van der Waals surface area contributed by atoms with Crippen molar-refractivity contribution in [3.05, 3.63) is 80.5 Å². The zero-order chi connectivity index (χ0) is 19.4. The lowest BCUT2D eigenvalue weighted by Crippen LogP contribution is -2.23. The van der Waals surface area contributed by atoms with Gasteiger partial charge in [-0.2, -0.15) is 0 Å². The molecule has 0 fully saturated rings. The van der Waals surface area contributed by atoms with E-state index >= 15 is 0 Å². The minimum atomic E-state index is -3.79. The summed E-state index contributed by atoms with van der Waals surface area (Å²) in [6, 6.07) is 16.7. The van der Waals surface area contributed by atoms with Gasteiger partial charge in [-0.15, -0.1) is 11.3 Å². The lowest BCUT2D eigenvalue weighted by atomic mass is 10.2.